The Kier molecular flexibility index (Phi) is 7.58. The minimum Gasteiger partial charge on any atom is -0.405 e. The van der Waals surface area contributed by atoms with E-state index in [0.29, 0.717) is 6.54 Å². The maximum Gasteiger partial charge on any atom is 0.0889 e. The minimum absolute atomic E-state index is 0.706. The number of nitrogens with one attached hydrogen (secondary N) is 3. The van der Waals surface area contributed by atoms with E-state index in [1.165, 1.54) is 47.6 Å². The number of aromatic amines is 1. The van der Waals surface area contributed by atoms with Crippen LogP contribution >= 0.6 is 0 Å². The predicted molar refractivity (Wildman–Crippen MR) is 139 cm³/mol. The maximum atomic E-state index is 5.55. The Labute approximate surface area is 196 Å². The zero-order valence-corrected chi connectivity index (χ0v) is 19.6. The van der Waals surface area contributed by atoms with Crippen molar-refractivity contribution >= 4 is 29.0 Å². The summed E-state index contributed by atoms with van der Waals surface area (Å²) in [5.74, 6) is 0.879. The highest BCUT2D eigenvalue weighted by molar-refractivity contribution is 5.81. The Morgan fingerprint density at radius 3 is 2.88 bits per heavy atom. The Morgan fingerprint density at radius 2 is 2.12 bits per heavy atom. The summed E-state index contributed by atoms with van der Waals surface area (Å²) in [5.41, 5.74) is 12.9. The molecule has 1 saturated carbocycles. The fourth-order valence-corrected chi connectivity index (χ4v) is 4.10. The first-order valence-electron chi connectivity index (χ1n) is 11.7. The van der Waals surface area contributed by atoms with E-state index in [4.69, 9.17) is 5.73 Å². The van der Waals surface area contributed by atoms with Gasteiger partial charge in [0.25, 0.3) is 0 Å². The first kappa shape index (κ1) is 22.8. The van der Waals surface area contributed by atoms with Gasteiger partial charge < -0.3 is 21.4 Å². The summed E-state index contributed by atoms with van der Waals surface area (Å²) in [5, 5.41) is 8.14. The number of pyridine rings is 1. The lowest BCUT2D eigenvalue weighted by Gasteiger charge is -2.25. The van der Waals surface area contributed by atoms with Crippen LogP contribution in [0.1, 0.15) is 54.3 Å². The Balaban J connectivity index is 1.33. The van der Waals surface area contributed by atoms with E-state index in [9.17, 15) is 0 Å². The van der Waals surface area contributed by atoms with E-state index in [2.05, 4.69) is 55.9 Å². The molecule has 0 unspecified atom stereocenters. The second kappa shape index (κ2) is 11.0. The average molecular weight is 443 g/mol. The zero-order chi connectivity index (χ0) is 23.0. The molecular weight excluding hydrogens is 408 g/mol. The number of aliphatic imine (C=N–C) groups is 1. The molecule has 1 aliphatic rings. The molecule has 6 nitrogen and oxygen atoms in total. The van der Waals surface area contributed by atoms with Gasteiger partial charge in [-0.15, -0.1) is 0 Å². The maximum absolute atomic E-state index is 5.55. The van der Waals surface area contributed by atoms with Gasteiger partial charge in [0, 0.05) is 41.8 Å². The van der Waals surface area contributed by atoms with E-state index in [0.717, 1.165) is 41.5 Å². The van der Waals surface area contributed by atoms with Gasteiger partial charge in [0.05, 0.1) is 12.0 Å². The van der Waals surface area contributed by atoms with Gasteiger partial charge >= 0.3 is 0 Å². The van der Waals surface area contributed by atoms with Crippen LogP contribution in [0.4, 0.5) is 0 Å². The zero-order valence-electron chi connectivity index (χ0n) is 19.6. The molecule has 1 aliphatic carbocycles. The van der Waals surface area contributed by atoms with E-state index in [-0.39, 0.29) is 0 Å². The number of fused-ring (bicyclic) bond motifs is 1. The lowest BCUT2D eigenvalue weighted by atomic mass is 9.85. The molecule has 3 aromatic rings. The number of nitrogens with zero attached hydrogens (tertiary/aromatic N) is 2. The number of hydrogen-bond donors (Lipinski definition) is 4. The van der Waals surface area contributed by atoms with E-state index < -0.39 is 0 Å². The van der Waals surface area contributed by atoms with Crippen LogP contribution < -0.4 is 16.4 Å². The molecule has 172 valence electrons. The minimum atomic E-state index is 0.706. The molecule has 0 atom stereocenters. The highest BCUT2D eigenvalue weighted by Crippen LogP contribution is 2.25. The van der Waals surface area contributed by atoms with Crippen molar-refractivity contribution in [3.63, 3.8) is 0 Å². The average Bonchev–Trinajstić information content (AvgIpc) is 3.19. The molecule has 4 rings (SSSR count). The van der Waals surface area contributed by atoms with E-state index in [1.54, 1.807) is 6.34 Å². The molecule has 1 aromatic carbocycles. The number of hydrogen-bond acceptors (Lipinski definition) is 4. The Morgan fingerprint density at radius 1 is 1.24 bits per heavy atom. The lowest BCUT2D eigenvalue weighted by molar-refractivity contribution is 0.301. The van der Waals surface area contributed by atoms with Gasteiger partial charge in [-0.05, 0) is 86.1 Å². The molecule has 1 fully saturated rings. The topological polar surface area (TPSA) is 91.1 Å². The van der Waals surface area contributed by atoms with Gasteiger partial charge in [0.2, 0.25) is 0 Å². The SMILES string of the molecule is C/C=C(\N=C/NCc1ccc2cc(CNCC3CCC3)[nH]c2c1)c1cnc(C)c(/C=C\N)c1. The first-order valence-corrected chi connectivity index (χ1v) is 11.7. The van der Waals surface area contributed by atoms with Crippen molar-refractivity contribution < 1.29 is 0 Å². The Bertz CT molecular complexity index is 1170. The molecule has 0 radical (unpaired) electrons. The summed E-state index contributed by atoms with van der Waals surface area (Å²) in [6.45, 7) is 6.67. The molecule has 2 aromatic heterocycles. The molecule has 2 heterocycles. The number of benzene rings is 1. The summed E-state index contributed by atoms with van der Waals surface area (Å²) in [6, 6.07) is 10.8. The molecule has 5 N–H and O–H groups in total. The molecule has 0 aliphatic heterocycles. The van der Waals surface area contributed by atoms with Crippen LogP contribution in [0.15, 0.2) is 53.8 Å². The molecule has 6 heteroatoms. The van der Waals surface area contributed by atoms with E-state index in [1.807, 2.05) is 32.2 Å². The van der Waals surface area contributed by atoms with E-state index >= 15 is 0 Å². The Hall–Kier alpha value is -3.38. The summed E-state index contributed by atoms with van der Waals surface area (Å²) in [7, 11) is 0. The molecule has 33 heavy (non-hydrogen) atoms. The highest BCUT2D eigenvalue weighted by Gasteiger charge is 2.16. The second-order valence-corrected chi connectivity index (χ2v) is 8.71. The van der Waals surface area contributed by atoms with Crippen molar-refractivity contribution in [3.05, 3.63) is 76.9 Å². The molecule has 0 amide bonds. The van der Waals surface area contributed by atoms with Crippen molar-refractivity contribution in [1.29, 1.82) is 0 Å². The smallest absolute Gasteiger partial charge is 0.0889 e. The third-order valence-corrected chi connectivity index (χ3v) is 6.29. The number of aromatic nitrogens is 2. The van der Waals surface area contributed by atoms with Crippen molar-refractivity contribution in [2.45, 2.75) is 46.2 Å². The first-order chi connectivity index (χ1) is 16.2. The third kappa shape index (κ3) is 5.90. The van der Waals surface area contributed by atoms with Gasteiger partial charge in [-0.25, -0.2) is 4.99 Å². The lowest BCUT2D eigenvalue weighted by Crippen LogP contribution is -2.26. The monoisotopic (exact) mass is 442 g/mol. The van der Waals surface area contributed by atoms with Gasteiger partial charge in [0.1, 0.15) is 0 Å². The third-order valence-electron chi connectivity index (χ3n) is 6.29. The quantitative estimate of drug-likeness (QED) is 0.266. The van der Waals surface area contributed by atoms with Gasteiger partial charge in [-0.1, -0.05) is 24.6 Å². The van der Waals surface area contributed by atoms with Crippen molar-refractivity contribution in [1.82, 2.24) is 20.6 Å². The molecular formula is C27H34N6. The molecule has 0 saturated heterocycles. The van der Waals surface area contributed by atoms with Crippen LogP contribution in [-0.2, 0) is 13.1 Å². The fraction of sp³-hybridized carbons (Fsp3) is 0.333. The second-order valence-electron chi connectivity index (χ2n) is 8.71. The van der Waals surface area contributed by atoms with Crippen LogP contribution in [0.25, 0.3) is 22.7 Å². The fourth-order valence-electron chi connectivity index (χ4n) is 4.10. The van der Waals surface area contributed by atoms with Crippen LogP contribution in [0, 0.1) is 12.8 Å². The van der Waals surface area contributed by atoms with Crippen molar-refractivity contribution in [2.24, 2.45) is 16.6 Å². The van der Waals surface area contributed by atoms with Crippen LogP contribution in [0.2, 0.25) is 0 Å². The summed E-state index contributed by atoms with van der Waals surface area (Å²) in [6.07, 6.45) is 13.1. The number of aryl methyl sites for hydroxylation is 1. The number of rotatable bonds is 10. The van der Waals surface area contributed by atoms with Gasteiger partial charge in [-0.2, -0.15) is 0 Å². The number of H-pyrrole nitrogens is 1. The van der Waals surface area contributed by atoms with Crippen LogP contribution in [-0.4, -0.2) is 22.9 Å². The standard InChI is InChI=1S/C27H34N6/c1-3-26(24-12-22(9-10-28)19(2)31-16-24)32-18-30-15-21-7-8-23-13-25(33-27(23)11-21)17-29-14-20-5-4-6-20/h3,7-13,16,18,20,29,33H,4-6,14-15,17,28H2,1-2H3,(H,30,32)/b10-9-,26-3-. The predicted octanol–water partition coefficient (Wildman–Crippen LogP) is 4.87. The largest absolute Gasteiger partial charge is 0.405 e. The molecule has 0 bridgehead atoms. The van der Waals surface area contributed by atoms with Crippen molar-refractivity contribution in [2.75, 3.05) is 6.54 Å². The van der Waals surface area contributed by atoms with Gasteiger partial charge in [0.15, 0.2) is 0 Å². The summed E-state index contributed by atoms with van der Waals surface area (Å²) in [4.78, 5) is 12.6. The van der Waals surface area contributed by atoms with Gasteiger partial charge in [-0.3, -0.25) is 4.98 Å². The number of nitrogens with two attached hydrogens (primary N) is 1. The highest BCUT2D eigenvalue weighted by atomic mass is 14.9. The molecule has 0 spiro atoms. The van der Waals surface area contributed by atoms with Crippen molar-refractivity contribution in [3.8, 4) is 0 Å². The van der Waals surface area contributed by atoms with Crippen LogP contribution in [0.5, 0.6) is 0 Å². The number of allylic oxidation sites excluding steroid dienone is 1. The normalized spacial score (nSPS) is 15.0. The summed E-state index contributed by atoms with van der Waals surface area (Å²) < 4.78 is 0. The summed E-state index contributed by atoms with van der Waals surface area (Å²) >= 11 is 0. The van der Waals surface area contributed by atoms with Crippen LogP contribution in [0.3, 0.4) is 0 Å².